The van der Waals surface area contributed by atoms with Crippen molar-refractivity contribution in [1.82, 2.24) is 0 Å². The summed E-state index contributed by atoms with van der Waals surface area (Å²) in [6, 6.07) is 18.3. The Labute approximate surface area is 101 Å². The van der Waals surface area contributed by atoms with Crippen LogP contribution in [0.25, 0.3) is 0 Å². The van der Waals surface area contributed by atoms with Crippen LogP contribution in [0.2, 0.25) is 0 Å². The predicted octanol–water partition coefficient (Wildman–Crippen LogP) is 2.99. The fraction of sp³-hybridized carbons (Fsp3) is 0.133. The first kappa shape index (κ1) is 11.6. The average Bonchev–Trinajstić information content (AvgIpc) is 2.40. The highest BCUT2D eigenvalue weighted by atomic mass is 16.3. The van der Waals surface area contributed by atoms with Gasteiger partial charge in [0.25, 0.3) is 0 Å². The van der Waals surface area contributed by atoms with Gasteiger partial charge < -0.3 is 5.11 Å². The highest BCUT2D eigenvalue weighted by Crippen LogP contribution is 2.18. The smallest absolute Gasteiger partial charge is 0.165 e. The summed E-state index contributed by atoms with van der Waals surface area (Å²) in [7, 11) is 0. The van der Waals surface area contributed by atoms with E-state index in [-0.39, 0.29) is 12.2 Å². The highest BCUT2D eigenvalue weighted by molar-refractivity contribution is 5.96. The van der Waals surface area contributed by atoms with Gasteiger partial charge in [-0.2, -0.15) is 0 Å². The molecule has 0 spiro atoms. The van der Waals surface area contributed by atoms with E-state index in [1.807, 2.05) is 48.5 Å². The molecule has 0 amide bonds. The van der Waals surface area contributed by atoms with Gasteiger partial charge in [0, 0.05) is 12.0 Å². The van der Waals surface area contributed by atoms with Gasteiger partial charge in [0.2, 0.25) is 0 Å². The number of hydrogen-bond acceptors (Lipinski definition) is 2. The van der Waals surface area contributed by atoms with Crippen LogP contribution in [-0.4, -0.2) is 10.9 Å². The molecule has 1 atom stereocenters. The molecular formula is C15H14O2. The zero-order valence-electron chi connectivity index (χ0n) is 9.41. The molecule has 86 valence electrons. The Morgan fingerprint density at radius 2 is 1.47 bits per heavy atom. The van der Waals surface area contributed by atoms with Crippen LogP contribution in [0.4, 0.5) is 0 Å². The maximum absolute atomic E-state index is 11.9. The maximum Gasteiger partial charge on any atom is 0.165 e. The number of aliphatic hydroxyl groups is 1. The van der Waals surface area contributed by atoms with E-state index in [0.717, 1.165) is 5.56 Å². The van der Waals surface area contributed by atoms with Crippen molar-refractivity contribution in [2.75, 3.05) is 0 Å². The van der Waals surface area contributed by atoms with E-state index in [0.29, 0.717) is 5.56 Å². The first-order valence-electron chi connectivity index (χ1n) is 5.58. The van der Waals surface area contributed by atoms with E-state index in [1.165, 1.54) is 0 Å². The summed E-state index contributed by atoms with van der Waals surface area (Å²) in [5, 5.41) is 9.93. The van der Waals surface area contributed by atoms with Crippen molar-refractivity contribution < 1.29 is 9.90 Å². The summed E-state index contributed by atoms with van der Waals surface area (Å²) in [5.74, 6) is -0.0399. The minimum Gasteiger partial charge on any atom is -0.388 e. The molecule has 17 heavy (non-hydrogen) atoms. The van der Waals surface area contributed by atoms with Gasteiger partial charge in [0.1, 0.15) is 0 Å². The molecule has 0 aromatic heterocycles. The van der Waals surface area contributed by atoms with Crippen molar-refractivity contribution in [1.29, 1.82) is 0 Å². The highest BCUT2D eigenvalue weighted by Gasteiger charge is 2.13. The Hall–Kier alpha value is -1.93. The Bertz CT molecular complexity index is 477. The van der Waals surface area contributed by atoms with E-state index in [4.69, 9.17) is 0 Å². The second-order valence-corrected chi connectivity index (χ2v) is 3.92. The van der Waals surface area contributed by atoms with Gasteiger partial charge in [-0.3, -0.25) is 4.79 Å². The molecule has 1 N–H and O–H groups in total. The zero-order chi connectivity index (χ0) is 12.1. The van der Waals surface area contributed by atoms with Crippen LogP contribution in [0.15, 0.2) is 60.7 Å². The Balaban J connectivity index is 2.05. The van der Waals surface area contributed by atoms with Crippen molar-refractivity contribution in [3.05, 3.63) is 71.8 Å². The van der Waals surface area contributed by atoms with Gasteiger partial charge in [-0.25, -0.2) is 0 Å². The normalized spacial score (nSPS) is 12.1. The third kappa shape index (κ3) is 3.02. The van der Waals surface area contributed by atoms with E-state index >= 15 is 0 Å². The van der Waals surface area contributed by atoms with Crippen LogP contribution in [0.1, 0.15) is 28.4 Å². The second-order valence-electron chi connectivity index (χ2n) is 3.92. The number of hydrogen-bond donors (Lipinski definition) is 1. The van der Waals surface area contributed by atoms with Crippen LogP contribution in [0.3, 0.4) is 0 Å². The van der Waals surface area contributed by atoms with Crippen LogP contribution in [0.5, 0.6) is 0 Å². The molecule has 0 saturated carbocycles. The topological polar surface area (TPSA) is 37.3 Å². The third-order valence-electron chi connectivity index (χ3n) is 2.66. The van der Waals surface area contributed by atoms with Crippen LogP contribution < -0.4 is 0 Å². The predicted molar refractivity (Wildman–Crippen MR) is 66.8 cm³/mol. The molecule has 0 aliphatic heterocycles. The SMILES string of the molecule is O=C(C[C@H](O)c1ccccc1)c1ccccc1. The molecule has 0 radical (unpaired) electrons. The first-order valence-corrected chi connectivity index (χ1v) is 5.58. The molecule has 0 aliphatic carbocycles. The van der Waals surface area contributed by atoms with E-state index < -0.39 is 6.10 Å². The summed E-state index contributed by atoms with van der Waals surface area (Å²) in [6.07, 6.45) is -0.613. The van der Waals surface area contributed by atoms with Crippen LogP contribution in [0, 0.1) is 0 Å². The Morgan fingerprint density at radius 1 is 0.941 bits per heavy atom. The molecule has 0 fully saturated rings. The Morgan fingerprint density at radius 3 is 2.06 bits per heavy atom. The second kappa shape index (κ2) is 5.41. The molecule has 0 unspecified atom stereocenters. The molecule has 0 aliphatic rings. The number of aliphatic hydroxyl groups excluding tert-OH is 1. The van der Waals surface area contributed by atoms with Crippen molar-refractivity contribution in [3.63, 3.8) is 0 Å². The lowest BCUT2D eigenvalue weighted by atomic mass is 10.0. The fourth-order valence-electron chi connectivity index (χ4n) is 1.71. The van der Waals surface area contributed by atoms with Crippen molar-refractivity contribution in [2.24, 2.45) is 0 Å². The maximum atomic E-state index is 11.9. The number of rotatable bonds is 4. The fourth-order valence-corrected chi connectivity index (χ4v) is 1.71. The molecule has 2 nitrogen and oxygen atoms in total. The molecule has 2 aromatic rings. The average molecular weight is 226 g/mol. The van der Waals surface area contributed by atoms with Crippen molar-refractivity contribution >= 4 is 5.78 Å². The lowest BCUT2D eigenvalue weighted by Gasteiger charge is -2.09. The molecule has 2 rings (SSSR count). The van der Waals surface area contributed by atoms with Gasteiger partial charge in [-0.05, 0) is 5.56 Å². The largest absolute Gasteiger partial charge is 0.388 e. The molecule has 0 saturated heterocycles. The number of benzene rings is 2. The van der Waals surface area contributed by atoms with Gasteiger partial charge in [0.15, 0.2) is 5.78 Å². The third-order valence-corrected chi connectivity index (χ3v) is 2.66. The van der Waals surface area contributed by atoms with E-state index in [2.05, 4.69) is 0 Å². The van der Waals surface area contributed by atoms with Gasteiger partial charge >= 0.3 is 0 Å². The minimum absolute atomic E-state index is 0.0399. The van der Waals surface area contributed by atoms with Crippen molar-refractivity contribution in [3.8, 4) is 0 Å². The van der Waals surface area contributed by atoms with Crippen LogP contribution >= 0.6 is 0 Å². The summed E-state index contributed by atoms with van der Waals surface area (Å²) >= 11 is 0. The van der Waals surface area contributed by atoms with Gasteiger partial charge in [-0.15, -0.1) is 0 Å². The van der Waals surface area contributed by atoms with Gasteiger partial charge in [-0.1, -0.05) is 60.7 Å². The lowest BCUT2D eigenvalue weighted by molar-refractivity contribution is 0.0880. The molecule has 2 aromatic carbocycles. The monoisotopic (exact) mass is 226 g/mol. The summed E-state index contributed by atoms with van der Waals surface area (Å²) in [5.41, 5.74) is 1.42. The standard InChI is InChI=1S/C15H14O2/c16-14(12-7-3-1-4-8-12)11-15(17)13-9-5-2-6-10-13/h1-10,14,16H,11H2/t14-/m0/s1. The summed E-state index contributed by atoms with van der Waals surface area (Å²) < 4.78 is 0. The number of carbonyl (C=O) groups excluding carboxylic acids is 1. The summed E-state index contributed by atoms with van der Waals surface area (Å²) in [4.78, 5) is 11.9. The summed E-state index contributed by atoms with van der Waals surface area (Å²) in [6.45, 7) is 0. The van der Waals surface area contributed by atoms with Crippen LogP contribution in [-0.2, 0) is 0 Å². The molecular weight excluding hydrogens is 212 g/mol. The first-order chi connectivity index (χ1) is 8.27. The van der Waals surface area contributed by atoms with Crippen molar-refractivity contribution in [2.45, 2.75) is 12.5 Å². The quantitative estimate of drug-likeness (QED) is 0.814. The molecule has 0 heterocycles. The number of carbonyl (C=O) groups is 1. The molecule has 0 bridgehead atoms. The van der Waals surface area contributed by atoms with Gasteiger partial charge in [0.05, 0.1) is 6.10 Å². The molecule has 2 heteroatoms. The zero-order valence-corrected chi connectivity index (χ0v) is 9.41. The van der Waals surface area contributed by atoms with E-state index in [9.17, 15) is 9.90 Å². The lowest BCUT2D eigenvalue weighted by Crippen LogP contribution is -2.06. The number of ketones is 1. The Kier molecular flexibility index (Phi) is 3.68. The number of Topliss-reactive ketones (excluding diaryl/α,β-unsaturated/α-hetero) is 1. The van der Waals surface area contributed by atoms with E-state index in [1.54, 1.807) is 12.1 Å². The minimum atomic E-state index is -0.732.